The van der Waals surface area contributed by atoms with Crippen molar-refractivity contribution in [2.24, 2.45) is 4.99 Å². The monoisotopic (exact) mass is 413 g/mol. The van der Waals surface area contributed by atoms with Crippen molar-refractivity contribution in [3.05, 3.63) is 95.3 Å². The van der Waals surface area contributed by atoms with Gasteiger partial charge in [0.2, 0.25) is 0 Å². The third-order valence-electron chi connectivity index (χ3n) is 4.14. The van der Waals surface area contributed by atoms with Gasteiger partial charge < -0.3 is 4.74 Å². The molecule has 30 heavy (non-hydrogen) atoms. The molecule has 1 heterocycles. The van der Waals surface area contributed by atoms with Crippen LogP contribution >= 0.6 is 0 Å². The van der Waals surface area contributed by atoms with Crippen molar-refractivity contribution in [2.45, 2.75) is 19.1 Å². The number of hydrogen-bond acceptors (Lipinski definition) is 5. The lowest BCUT2D eigenvalue weighted by Gasteiger charge is -2.15. The molecular formula is C22H18F3N3O2. The molecule has 0 spiro atoms. The van der Waals surface area contributed by atoms with Crippen LogP contribution in [0.15, 0.2) is 77.9 Å². The number of alkyl halides is 3. The highest BCUT2D eigenvalue weighted by Crippen LogP contribution is 2.30. The van der Waals surface area contributed by atoms with E-state index in [-0.39, 0.29) is 12.3 Å². The van der Waals surface area contributed by atoms with Gasteiger partial charge in [-0.2, -0.15) is 23.4 Å². The van der Waals surface area contributed by atoms with Crippen molar-refractivity contribution in [2.75, 3.05) is 6.61 Å². The summed E-state index contributed by atoms with van der Waals surface area (Å²) in [6.45, 7) is 1.65. The Morgan fingerprint density at radius 1 is 1.03 bits per heavy atom. The number of rotatable bonds is 6. The number of aromatic nitrogens is 2. The number of halogens is 3. The fourth-order valence-electron chi connectivity index (χ4n) is 2.77. The quantitative estimate of drug-likeness (QED) is 0.436. The lowest BCUT2D eigenvalue weighted by Crippen LogP contribution is -2.19. The van der Waals surface area contributed by atoms with E-state index >= 15 is 0 Å². The summed E-state index contributed by atoms with van der Waals surface area (Å²) >= 11 is 0. The Balaban J connectivity index is 2.17. The van der Waals surface area contributed by atoms with Crippen LogP contribution in [0.1, 0.15) is 35.3 Å². The molecule has 0 radical (unpaired) electrons. The van der Waals surface area contributed by atoms with E-state index in [2.05, 4.69) is 15.2 Å². The van der Waals surface area contributed by atoms with Crippen LogP contribution in [-0.2, 0) is 15.7 Å². The average molecular weight is 413 g/mol. The van der Waals surface area contributed by atoms with Gasteiger partial charge in [-0.25, -0.2) is 4.79 Å². The SMILES string of the molecule is CCOC(=O)C(N=C(c1ccccc1)c1ccccc1)c1cc(C(F)(F)F)cnn1. The maximum atomic E-state index is 13.2. The number of ether oxygens (including phenoxy) is 1. The second kappa shape index (κ2) is 9.30. The Bertz CT molecular complexity index is 981. The largest absolute Gasteiger partial charge is 0.464 e. The molecule has 3 aromatic rings. The van der Waals surface area contributed by atoms with Gasteiger partial charge in [-0.05, 0) is 13.0 Å². The Hall–Kier alpha value is -3.55. The molecule has 0 saturated heterocycles. The fraction of sp³-hybridized carbons (Fsp3) is 0.182. The van der Waals surface area contributed by atoms with E-state index in [1.165, 1.54) is 0 Å². The van der Waals surface area contributed by atoms with Gasteiger partial charge in [-0.15, -0.1) is 0 Å². The molecule has 0 aliphatic rings. The Morgan fingerprint density at radius 3 is 2.10 bits per heavy atom. The molecule has 2 aromatic carbocycles. The number of carbonyl (C=O) groups excluding carboxylic acids is 1. The summed E-state index contributed by atoms with van der Waals surface area (Å²) in [7, 11) is 0. The first-order valence-electron chi connectivity index (χ1n) is 9.15. The van der Waals surface area contributed by atoms with Crippen LogP contribution in [-0.4, -0.2) is 28.5 Å². The molecule has 0 aliphatic carbocycles. The van der Waals surface area contributed by atoms with E-state index in [1.54, 1.807) is 55.5 Å². The van der Waals surface area contributed by atoms with Crippen LogP contribution in [0.5, 0.6) is 0 Å². The topological polar surface area (TPSA) is 64.4 Å². The molecule has 8 heteroatoms. The highest BCUT2D eigenvalue weighted by atomic mass is 19.4. The first kappa shape index (κ1) is 21.2. The van der Waals surface area contributed by atoms with Gasteiger partial charge in [-0.1, -0.05) is 60.7 Å². The summed E-state index contributed by atoms with van der Waals surface area (Å²) in [5.74, 6) is -0.810. The number of esters is 1. The molecule has 3 rings (SSSR count). The second-order valence-electron chi connectivity index (χ2n) is 6.23. The summed E-state index contributed by atoms with van der Waals surface area (Å²) in [6.07, 6.45) is -4.03. The average Bonchev–Trinajstić information content (AvgIpc) is 2.75. The van der Waals surface area contributed by atoms with Crippen molar-refractivity contribution in [3.8, 4) is 0 Å². The zero-order valence-corrected chi connectivity index (χ0v) is 16.0. The van der Waals surface area contributed by atoms with Crippen molar-refractivity contribution >= 4 is 11.7 Å². The van der Waals surface area contributed by atoms with Crippen LogP contribution in [0, 0.1) is 0 Å². The Morgan fingerprint density at radius 2 is 1.60 bits per heavy atom. The van der Waals surface area contributed by atoms with E-state index in [1.807, 2.05) is 12.1 Å². The van der Waals surface area contributed by atoms with Gasteiger partial charge in [0.05, 0.1) is 29.8 Å². The molecule has 0 fully saturated rings. The zero-order chi connectivity index (χ0) is 21.6. The molecule has 0 bridgehead atoms. The number of nitrogens with zero attached hydrogens (tertiary/aromatic N) is 3. The van der Waals surface area contributed by atoms with Gasteiger partial charge in [0.15, 0.2) is 6.04 Å². The molecule has 0 saturated carbocycles. The van der Waals surface area contributed by atoms with Crippen LogP contribution in [0.2, 0.25) is 0 Å². The molecule has 0 N–H and O–H groups in total. The number of hydrogen-bond donors (Lipinski definition) is 0. The van der Waals surface area contributed by atoms with Crippen molar-refractivity contribution < 1.29 is 22.7 Å². The highest BCUT2D eigenvalue weighted by Gasteiger charge is 2.33. The smallest absolute Gasteiger partial charge is 0.418 e. The minimum Gasteiger partial charge on any atom is -0.464 e. The van der Waals surface area contributed by atoms with Gasteiger partial charge in [0, 0.05) is 11.1 Å². The minimum absolute atomic E-state index is 0.0449. The minimum atomic E-state index is -4.63. The van der Waals surface area contributed by atoms with Crippen molar-refractivity contribution in [1.29, 1.82) is 0 Å². The van der Waals surface area contributed by atoms with Gasteiger partial charge >= 0.3 is 12.1 Å². The highest BCUT2D eigenvalue weighted by molar-refractivity contribution is 6.13. The number of carbonyl (C=O) groups is 1. The Labute approximate surface area is 171 Å². The van der Waals surface area contributed by atoms with Crippen molar-refractivity contribution in [3.63, 3.8) is 0 Å². The molecule has 0 aliphatic heterocycles. The van der Waals surface area contributed by atoms with E-state index in [9.17, 15) is 18.0 Å². The van der Waals surface area contributed by atoms with Gasteiger partial charge in [-0.3, -0.25) is 4.99 Å². The first-order chi connectivity index (χ1) is 14.4. The maximum Gasteiger partial charge on any atom is 0.418 e. The Kier molecular flexibility index (Phi) is 6.56. The fourth-order valence-corrected chi connectivity index (χ4v) is 2.77. The van der Waals surface area contributed by atoms with E-state index in [4.69, 9.17) is 4.74 Å². The van der Waals surface area contributed by atoms with Crippen LogP contribution in [0.25, 0.3) is 0 Å². The predicted octanol–water partition coefficient (Wildman–Crippen LogP) is 4.64. The third-order valence-corrected chi connectivity index (χ3v) is 4.14. The second-order valence-corrected chi connectivity index (χ2v) is 6.23. The van der Waals surface area contributed by atoms with Gasteiger partial charge in [0.1, 0.15) is 0 Å². The standard InChI is InChI=1S/C22H18F3N3O2/c1-2-30-21(29)20(18-13-17(14-26-28-18)22(23,24)25)27-19(15-9-5-3-6-10-15)16-11-7-4-8-12-16/h3-14,20H,2H2,1H3. The van der Waals surface area contributed by atoms with Crippen molar-refractivity contribution in [1.82, 2.24) is 10.2 Å². The lowest BCUT2D eigenvalue weighted by molar-refractivity contribution is -0.145. The lowest BCUT2D eigenvalue weighted by atomic mass is 10.0. The van der Waals surface area contributed by atoms with Crippen LogP contribution in [0.3, 0.4) is 0 Å². The molecule has 5 nitrogen and oxygen atoms in total. The summed E-state index contributed by atoms with van der Waals surface area (Å²) < 4.78 is 44.5. The number of benzene rings is 2. The van der Waals surface area contributed by atoms with E-state index < -0.39 is 23.8 Å². The molecule has 154 valence electrons. The van der Waals surface area contributed by atoms with E-state index in [0.29, 0.717) is 23.0 Å². The summed E-state index contributed by atoms with van der Waals surface area (Å²) in [5.41, 5.74) is 0.551. The molecule has 1 atom stereocenters. The third kappa shape index (κ3) is 5.08. The maximum absolute atomic E-state index is 13.2. The number of aliphatic imine (C=N–C) groups is 1. The molecular weight excluding hydrogens is 395 g/mol. The summed E-state index contributed by atoms with van der Waals surface area (Å²) in [5, 5.41) is 7.16. The molecule has 1 unspecified atom stereocenters. The summed E-state index contributed by atoms with van der Waals surface area (Å²) in [4.78, 5) is 17.1. The van der Waals surface area contributed by atoms with Crippen LogP contribution < -0.4 is 0 Å². The normalized spacial score (nSPS) is 12.1. The van der Waals surface area contributed by atoms with E-state index in [0.717, 1.165) is 6.07 Å². The van der Waals surface area contributed by atoms with Gasteiger partial charge in [0.25, 0.3) is 0 Å². The van der Waals surface area contributed by atoms with Crippen LogP contribution in [0.4, 0.5) is 13.2 Å². The molecule has 1 aromatic heterocycles. The molecule has 0 amide bonds. The first-order valence-corrected chi connectivity index (χ1v) is 9.15. The predicted molar refractivity (Wildman–Crippen MR) is 105 cm³/mol. The summed E-state index contributed by atoms with van der Waals surface area (Å²) in [6, 6.07) is 17.4. The zero-order valence-electron chi connectivity index (χ0n) is 16.0.